The van der Waals surface area contributed by atoms with Crippen molar-refractivity contribution < 1.29 is 5.11 Å². The molecule has 1 rings (SSSR count). The highest BCUT2D eigenvalue weighted by molar-refractivity contribution is 4.79. The van der Waals surface area contributed by atoms with E-state index in [9.17, 15) is 0 Å². The number of aliphatic hydroxyl groups is 1. The van der Waals surface area contributed by atoms with E-state index in [0.717, 1.165) is 13.0 Å². The molecule has 0 bridgehead atoms. The highest BCUT2D eigenvalue weighted by atomic mass is 16.3. The Bertz CT molecular complexity index is 137. The molecule has 1 heterocycles. The van der Waals surface area contributed by atoms with Crippen LogP contribution in [0.25, 0.3) is 0 Å². The fraction of sp³-hybridized carbons (Fsp3) is 1.00. The molecule has 2 atom stereocenters. The van der Waals surface area contributed by atoms with Gasteiger partial charge in [0.15, 0.2) is 0 Å². The molecule has 1 saturated heterocycles. The number of hydrogen-bond donors (Lipinski definition) is 2. The minimum Gasteiger partial charge on any atom is -0.395 e. The third-order valence-corrected chi connectivity index (χ3v) is 2.81. The van der Waals surface area contributed by atoms with Gasteiger partial charge >= 0.3 is 0 Å². The predicted octanol–water partition coefficient (Wildman–Crippen LogP) is 0.441. The van der Waals surface area contributed by atoms with E-state index in [1.54, 1.807) is 0 Å². The predicted molar refractivity (Wildman–Crippen MR) is 54.8 cm³/mol. The summed E-state index contributed by atoms with van der Waals surface area (Å²) in [5.74, 6) is 0. The highest BCUT2D eigenvalue weighted by Gasteiger charge is 2.18. The lowest BCUT2D eigenvalue weighted by Gasteiger charge is -2.32. The van der Waals surface area contributed by atoms with Crippen LogP contribution in [0.4, 0.5) is 0 Å². The molecule has 0 amide bonds. The molecule has 3 nitrogen and oxygen atoms in total. The van der Waals surface area contributed by atoms with E-state index in [1.165, 1.54) is 19.4 Å². The number of nitrogens with one attached hydrogen (secondary N) is 1. The molecule has 1 aliphatic rings. The van der Waals surface area contributed by atoms with Gasteiger partial charge in [-0.2, -0.15) is 0 Å². The van der Waals surface area contributed by atoms with Crippen molar-refractivity contribution in [2.45, 2.75) is 38.3 Å². The van der Waals surface area contributed by atoms with Gasteiger partial charge in [-0.25, -0.2) is 0 Å². The molecular weight excluding hydrogens is 164 g/mol. The van der Waals surface area contributed by atoms with Gasteiger partial charge in [0.05, 0.1) is 6.61 Å². The van der Waals surface area contributed by atoms with Gasteiger partial charge in [0.1, 0.15) is 0 Å². The Hall–Kier alpha value is -0.120. The highest BCUT2D eigenvalue weighted by Crippen LogP contribution is 2.09. The molecule has 78 valence electrons. The molecule has 2 unspecified atom stereocenters. The first-order valence-corrected chi connectivity index (χ1v) is 5.31. The third kappa shape index (κ3) is 3.63. The van der Waals surface area contributed by atoms with Crippen LogP contribution in [0.15, 0.2) is 0 Å². The summed E-state index contributed by atoms with van der Waals surface area (Å²) in [6.45, 7) is 4.71. The molecular formula is C10H22N2O. The molecule has 0 spiro atoms. The van der Waals surface area contributed by atoms with Crippen LogP contribution in [0.3, 0.4) is 0 Å². The van der Waals surface area contributed by atoms with E-state index in [4.69, 9.17) is 5.11 Å². The molecule has 0 aromatic rings. The minimum atomic E-state index is 0.261. The molecule has 0 aromatic heterocycles. The first-order valence-electron chi connectivity index (χ1n) is 5.31. The Morgan fingerprint density at radius 3 is 2.92 bits per heavy atom. The molecule has 13 heavy (non-hydrogen) atoms. The van der Waals surface area contributed by atoms with Crippen LogP contribution in [-0.2, 0) is 0 Å². The van der Waals surface area contributed by atoms with E-state index >= 15 is 0 Å². The summed E-state index contributed by atoms with van der Waals surface area (Å²) in [5.41, 5.74) is 0. The first kappa shape index (κ1) is 11.0. The van der Waals surface area contributed by atoms with Gasteiger partial charge in [0, 0.05) is 18.6 Å². The maximum atomic E-state index is 9.05. The van der Waals surface area contributed by atoms with Crippen molar-refractivity contribution >= 4 is 0 Å². The van der Waals surface area contributed by atoms with Crippen molar-refractivity contribution in [3.63, 3.8) is 0 Å². The smallest absolute Gasteiger partial charge is 0.0584 e. The number of nitrogens with zero attached hydrogens (tertiary/aromatic N) is 1. The van der Waals surface area contributed by atoms with Gasteiger partial charge in [-0.15, -0.1) is 0 Å². The van der Waals surface area contributed by atoms with Crippen molar-refractivity contribution in [1.82, 2.24) is 10.2 Å². The Kier molecular flexibility index (Phi) is 4.70. The Morgan fingerprint density at radius 2 is 2.38 bits per heavy atom. The van der Waals surface area contributed by atoms with Crippen LogP contribution in [0.2, 0.25) is 0 Å². The van der Waals surface area contributed by atoms with Gasteiger partial charge in [0.25, 0.3) is 0 Å². The quantitative estimate of drug-likeness (QED) is 0.669. The molecule has 1 aliphatic heterocycles. The minimum absolute atomic E-state index is 0.261. The number of likely N-dealkylation sites (tertiary alicyclic amines) is 1. The van der Waals surface area contributed by atoms with Crippen LogP contribution in [0, 0.1) is 0 Å². The third-order valence-electron chi connectivity index (χ3n) is 2.81. The van der Waals surface area contributed by atoms with Crippen molar-refractivity contribution in [3.8, 4) is 0 Å². The zero-order valence-electron chi connectivity index (χ0n) is 8.79. The average molecular weight is 186 g/mol. The molecule has 0 aromatic carbocycles. The van der Waals surface area contributed by atoms with Crippen LogP contribution in [0.5, 0.6) is 0 Å². The largest absolute Gasteiger partial charge is 0.395 e. The van der Waals surface area contributed by atoms with Gasteiger partial charge < -0.3 is 15.3 Å². The summed E-state index contributed by atoms with van der Waals surface area (Å²) < 4.78 is 0. The number of hydrogen-bond acceptors (Lipinski definition) is 3. The Morgan fingerprint density at radius 1 is 1.62 bits per heavy atom. The lowest BCUT2D eigenvalue weighted by Crippen LogP contribution is -2.48. The van der Waals surface area contributed by atoms with E-state index in [2.05, 4.69) is 24.2 Å². The van der Waals surface area contributed by atoms with Crippen molar-refractivity contribution in [2.75, 3.05) is 26.7 Å². The van der Waals surface area contributed by atoms with E-state index in [-0.39, 0.29) is 12.6 Å². The summed E-state index contributed by atoms with van der Waals surface area (Å²) in [6, 6.07) is 0.868. The number of rotatable bonds is 4. The summed E-state index contributed by atoms with van der Waals surface area (Å²) in [6.07, 6.45) is 3.54. The fourth-order valence-corrected chi connectivity index (χ4v) is 1.94. The molecule has 1 fully saturated rings. The normalized spacial score (nSPS) is 27.5. The maximum Gasteiger partial charge on any atom is 0.0584 e. The standard InChI is InChI=1S/C10H22N2O/c1-3-9(8-13)11-10-5-4-6-12(2)7-10/h9-11,13H,3-8H2,1-2H3. The second-order valence-corrected chi connectivity index (χ2v) is 4.06. The van der Waals surface area contributed by atoms with Gasteiger partial charge in [-0.3, -0.25) is 0 Å². The van der Waals surface area contributed by atoms with Crippen LogP contribution >= 0.6 is 0 Å². The topological polar surface area (TPSA) is 35.5 Å². The number of piperidine rings is 1. The Balaban J connectivity index is 2.26. The Labute approximate surface area is 81.1 Å². The van der Waals surface area contributed by atoms with Crippen LogP contribution in [0.1, 0.15) is 26.2 Å². The summed E-state index contributed by atoms with van der Waals surface area (Å²) in [5, 5.41) is 12.5. The SMILES string of the molecule is CCC(CO)NC1CCCN(C)C1. The molecule has 0 saturated carbocycles. The summed E-state index contributed by atoms with van der Waals surface area (Å²) >= 11 is 0. The van der Waals surface area contributed by atoms with Crippen LogP contribution < -0.4 is 5.32 Å². The van der Waals surface area contributed by atoms with Crippen LogP contribution in [-0.4, -0.2) is 48.8 Å². The zero-order chi connectivity index (χ0) is 9.68. The molecule has 0 aliphatic carbocycles. The summed E-state index contributed by atoms with van der Waals surface area (Å²) in [7, 11) is 2.16. The van der Waals surface area contributed by atoms with E-state index in [1.807, 2.05) is 0 Å². The number of likely N-dealkylation sites (N-methyl/N-ethyl adjacent to an activating group) is 1. The van der Waals surface area contributed by atoms with E-state index < -0.39 is 0 Å². The van der Waals surface area contributed by atoms with Gasteiger partial charge in [-0.05, 0) is 32.9 Å². The maximum absolute atomic E-state index is 9.05. The average Bonchev–Trinajstić information content (AvgIpc) is 2.14. The number of aliphatic hydroxyl groups excluding tert-OH is 1. The zero-order valence-corrected chi connectivity index (χ0v) is 8.79. The lowest BCUT2D eigenvalue weighted by atomic mass is 10.0. The second kappa shape index (κ2) is 5.58. The lowest BCUT2D eigenvalue weighted by molar-refractivity contribution is 0.181. The molecule has 2 N–H and O–H groups in total. The monoisotopic (exact) mass is 186 g/mol. The first-order chi connectivity index (χ1) is 6.26. The van der Waals surface area contributed by atoms with Crippen molar-refractivity contribution in [3.05, 3.63) is 0 Å². The second-order valence-electron chi connectivity index (χ2n) is 4.06. The molecule has 3 heteroatoms. The van der Waals surface area contributed by atoms with Crippen molar-refractivity contribution in [2.24, 2.45) is 0 Å². The summed E-state index contributed by atoms with van der Waals surface area (Å²) in [4.78, 5) is 2.35. The van der Waals surface area contributed by atoms with E-state index in [0.29, 0.717) is 6.04 Å². The van der Waals surface area contributed by atoms with Gasteiger partial charge in [-0.1, -0.05) is 6.92 Å². The van der Waals surface area contributed by atoms with Gasteiger partial charge in [0.2, 0.25) is 0 Å². The molecule has 0 radical (unpaired) electrons. The fourth-order valence-electron chi connectivity index (χ4n) is 1.94. The van der Waals surface area contributed by atoms with Crippen molar-refractivity contribution in [1.29, 1.82) is 0 Å².